The van der Waals surface area contributed by atoms with Gasteiger partial charge in [0.15, 0.2) is 10.8 Å². The molecule has 1 unspecified atom stereocenters. The maximum atomic E-state index is 4.85. The zero-order valence-electron chi connectivity index (χ0n) is 13.2. The minimum Gasteiger partial charge on any atom is -0.352 e. The zero-order valence-corrected chi connectivity index (χ0v) is 14.0. The highest BCUT2D eigenvalue weighted by atomic mass is 32.1. The molecule has 6 heteroatoms. The van der Waals surface area contributed by atoms with Crippen molar-refractivity contribution >= 4 is 22.1 Å². The van der Waals surface area contributed by atoms with E-state index in [0.717, 1.165) is 37.7 Å². The van der Waals surface area contributed by atoms with Crippen LogP contribution in [0.4, 0.5) is 5.82 Å². The van der Waals surface area contributed by atoms with E-state index < -0.39 is 0 Å². The summed E-state index contributed by atoms with van der Waals surface area (Å²) in [4.78, 5) is 11.0. The van der Waals surface area contributed by atoms with E-state index in [1.165, 1.54) is 17.9 Å². The zero-order chi connectivity index (χ0) is 14.8. The highest BCUT2D eigenvalue weighted by Crippen LogP contribution is 2.26. The van der Waals surface area contributed by atoms with E-state index in [0.29, 0.717) is 6.04 Å². The van der Waals surface area contributed by atoms with E-state index >= 15 is 0 Å². The first kappa shape index (κ1) is 14.8. The lowest BCUT2D eigenvalue weighted by Gasteiger charge is -2.38. The molecule has 1 aliphatic heterocycles. The molecule has 0 aromatic carbocycles. The summed E-state index contributed by atoms with van der Waals surface area (Å²) in [5.74, 6) is 1.17. The number of hydrogen-bond acceptors (Lipinski definition) is 5. The highest BCUT2D eigenvalue weighted by molar-refractivity contribution is 7.15. The summed E-state index contributed by atoms with van der Waals surface area (Å²) in [6, 6.07) is 0.689. The quantitative estimate of drug-likeness (QED) is 0.917. The molecule has 1 saturated heterocycles. The second-order valence-electron chi connectivity index (χ2n) is 5.75. The Labute approximate surface area is 130 Å². The standard InChI is InChI=1S/C15H25N5S/c1-4-12(2)18-5-7-19(8-6-18)14-13(11-16-3)20-9-10-21-15(20)17-14/h9-10,12,16H,4-8,11H2,1-3H3. The summed E-state index contributed by atoms with van der Waals surface area (Å²) in [6.45, 7) is 9.88. The van der Waals surface area contributed by atoms with Crippen molar-refractivity contribution in [2.45, 2.75) is 32.9 Å². The van der Waals surface area contributed by atoms with Crippen molar-refractivity contribution in [3.63, 3.8) is 0 Å². The number of fused-ring (bicyclic) bond motifs is 1. The van der Waals surface area contributed by atoms with Gasteiger partial charge in [-0.1, -0.05) is 6.92 Å². The molecule has 0 amide bonds. The molecule has 0 saturated carbocycles. The number of imidazole rings is 1. The van der Waals surface area contributed by atoms with Gasteiger partial charge in [-0.15, -0.1) is 11.3 Å². The average Bonchev–Trinajstić information content (AvgIpc) is 3.09. The lowest BCUT2D eigenvalue weighted by atomic mass is 10.2. The third-order valence-corrected chi connectivity index (χ3v) is 5.27. The number of rotatable bonds is 5. The van der Waals surface area contributed by atoms with Crippen LogP contribution in [0.25, 0.3) is 4.96 Å². The summed E-state index contributed by atoms with van der Waals surface area (Å²) in [5.41, 5.74) is 1.28. The van der Waals surface area contributed by atoms with Gasteiger partial charge in [-0.05, 0) is 20.4 Å². The number of nitrogens with zero attached hydrogens (tertiary/aromatic N) is 4. The molecule has 1 aliphatic rings. The first-order valence-corrected chi connectivity index (χ1v) is 8.70. The smallest absolute Gasteiger partial charge is 0.195 e. The van der Waals surface area contributed by atoms with Gasteiger partial charge < -0.3 is 10.2 Å². The molecule has 1 fully saturated rings. The average molecular weight is 307 g/mol. The maximum absolute atomic E-state index is 4.85. The second kappa shape index (κ2) is 6.34. The third kappa shape index (κ3) is 2.80. The Morgan fingerprint density at radius 1 is 1.33 bits per heavy atom. The predicted molar refractivity (Wildman–Crippen MR) is 89.4 cm³/mol. The molecule has 21 heavy (non-hydrogen) atoms. The van der Waals surface area contributed by atoms with Crippen LogP contribution in [0.3, 0.4) is 0 Å². The number of piperazine rings is 1. The topological polar surface area (TPSA) is 35.8 Å². The molecule has 3 rings (SSSR count). The lowest BCUT2D eigenvalue weighted by Crippen LogP contribution is -2.49. The fourth-order valence-electron chi connectivity index (χ4n) is 3.04. The van der Waals surface area contributed by atoms with E-state index in [9.17, 15) is 0 Å². The Bertz CT molecular complexity index is 582. The Morgan fingerprint density at radius 3 is 2.76 bits per heavy atom. The normalized spacial score (nSPS) is 18.5. The predicted octanol–water partition coefficient (Wildman–Crippen LogP) is 2.04. The molecule has 0 aliphatic carbocycles. The minimum atomic E-state index is 0.689. The van der Waals surface area contributed by atoms with Crippen molar-refractivity contribution in [1.29, 1.82) is 0 Å². The summed E-state index contributed by atoms with van der Waals surface area (Å²) >= 11 is 1.71. The summed E-state index contributed by atoms with van der Waals surface area (Å²) < 4.78 is 2.22. The molecule has 1 N–H and O–H groups in total. The number of thiazole rings is 1. The Kier molecular flexibility index (Phi) is 4.47. The molecular weight excluding hydrogens is 282 g/mol. The molecular formula is C15H25N5S. The minimum absolute atomic E-state index is 0.689. The van der Waals surface area contributed by atoms with Crippen LogP contribution in [0.5, 0.6) is 0 Å². The van der Waals surface area contributed by atoms with Crippen LogP contribution in [-0.4, -0.2) is 53.6 Å². The van der Waals surface area contributed by atoms with Crippen molar-refractivity contribution in [2.24, 2.45) is 0 Å². The molecule has 5 nitrogen and oxygen atoms in total. The SMILES string of the molecule is CCC(C)N1CCN(c2nc3sccn3c2CNC)CC1. The van der Waals surface area contributed by atoms with Crippen molar-refractivity contribution in [1.82, 2.24) is 19.6 Å². The van der Waals surface area contributed by atoms with Crippen LogP contribution in [0.1, 0.15) is 26.0 Å². The van der Waals surface area contributed by atoms with E-state index in [-0.39, 0.29) is 0 Å². The fourth-order valence-corrected chi connectivity index (χ4v) is 3.77. The maximum Gasteiger partial charge on any atom is 0.195 e. The van der Waals surface area contributed by atoms with Crippen LogP contribution in [-0.2, 0) is 6.54 Å². The van der Waals surface area contributed by atoms with Crippen LogP contribution in [0.15, 0.2) is 11.6 Å². The van der Waals surface area contributed by atoms with Crippen LogP contribution < -0.4 is 10.2 Å². The van der Waals surface area contributed by atoms with Gasteiger partial charge in [-0.25, -0.2) is 4.98 Å². The molecule has 0 spiro atoms. The van der Waals surface area contributed by atoms with Crippen LogP contribution in [0, 0.1) is 0 Å². The number of anilines is 1. The Morgan fingerprint density at radius 2 is 2.10 bits per heavy atom. The number of nitrogens with one attached hydrogen (secondary N) is 1. The Hall–Kier alpha value is -1.11. The van der Waals surface area contributed by atoms with Gasteiger partial charge in [0.25, 0.3) is 0 Å². The monoisotopic (exact) mass is 307 g/mol. The van der Waals surface area contributed by atoms with Gasteiger partial charge >= 0.3 is 0 Å². The number of hydrogen-bond donors (Lipinski definition) is 1. The fraction of sp³-hybridized carbons (Fsp3) is 0.667. The van der Waals surface area contributed by atoms with Gasteiger partial charge in [0.05, 0.1) is 5.69 Å². The first-order chi connectivity index (χ1) is 10.2. The third-order valence-electron chi connectivity index (χ3n) is 4.51. The van der Waals surface area contributed by atoms with Crippen molar-refractivity contribution in [2.75, 3.05) is 38.1 Å². The van der Waals surface area contributed by atoms with E-state index in [2.05, 4.69) is 44.9 Å². The first-order valence-electron chi connectivity index (χ1n) is 7.82. The molecule has 1 atom stereocenters. The Balaban J connectivity index is 1.78. The van der Waals surface area contributed by atoms with Crippen molar-refractivity contribution in [3.05, 3.63) is 17.3 Å². The molecule has 116 valence electrons. The van der Waals surface area contributed by atoms with E-state index in [1.54, 1.807) is 11.3 Å². The van der Waals surface area contributed by atoms with E-state index in [1.807, 2.05) is 7.05 Å². The van der Waals surface area contributed by atoms with Gasteiger partial charge in [-0.2, -0.15) is 0 Å². The summed E-state index contributed by atoms with van der Waals surface area (Å²) in [7, 11) is 2.00. The van der Waals surface area contributed by atoms with Gasteiger partial charge in [0, 0.05) is 50.3 Å². The largest absolute Gasteiger partial charge is 0.352 e. The van der Waals surface area contributed by atoms with Gasteiger partial charge in [0.2, 0.25) is 0 Å². The second-order valence-corrected chi connectivity index (χ2v) is 6.62. The molecule has 0 bridgehead atoms. The molecule has 3 heterocycles. The van der Waals surface area contributed by atoms with Gasteiger partial charge in [0.1, 0.15) is 0 Å². The summed E-state index contributed by atoms with van der Waals surface area (Å²) in [5, 5.41) is 5.38. The molecule has 2 aromatic heterocycles. The molecule has 0 radical (unpaired) electrons. The van der Waals surface area contributed by atoms with Crippen molar-refractivity contribution in [3.8, 4) is 0 Å². The lowest BCUT2D eigenvalue weighted by molar-refractivity contribution is 0.192. The number of aromatic nitrogens is 2. The highest BCUT2D eigenvalue weighted by Gasteiger charge is 2.24. The van der Waals surface area contributed by atoms with Gasteiger partial charge in [-0.3, -0.25) is 9.30 Å². The van der Waals surface area contributed by atoms with Crippen LogP contribution >= 0.6 is 11.3 Å². The summed E-state index contributed by atoms with van der Waals surface area (Å²) in [6.07, 6.45) is 3.35. The molecule has 2 aromatic rings. The van der Waals surface area contributed by atoms with E-state index in [4.69, 9.17) is 4.98 Å². The van der Waals surface area contributed by atoms with Crippen molar-refractivity contribution < 1.29 is 0 Å². The van der Waals surface area contributed by atoms with Crippen LogP contribution in [0.2, 0.25) is 0 Å².